The average Bonchev–Trinajstić information content (AvgIpc) is 3.01. The number of aromatic nitrogens is 1. The maximum Gasteiger partial charge on any atom is 0.347 e. The molecule has 0 saturated heterocycles. The molecule has 0 radical (unpaired) electrons. The second-order valence-electron chi connectivity index (χ2n) is 11.5. The summed E-state index contributed by atoms with van der Waals surface area (Å²) in [6.07, 6.45) is 8.90. The van der Waals surface area contributed by atoms with Gasteiger partial charge in [-0.15, -0.1) is 0 Å². The number of hydrogen-bond acceptors (Lipinski definition) is 8. The lowest BCUT2D eigenvalue weighted by atomic mass is 9.99. The quantitative estimate of drug-likeness (QED) is 0.397. The molecule has 0 unspecified atom stereocenters. The molecule has 1 aromatic carbocycles. The lowest BCUT2D eigenvalue weighted by Gasteiger charge is -2.26. The third-order valence-corrected chi connectivity index (χ3v) is 7.57. The molecule has 2 amide bonds. The van der Waals surface area contributed by atoms with Crippen molar-refractivity contribution < 1.29 is 33.4 Å². The Labute approximate surface area is 269 Å². The van der Waals surface area contributed by atoms with E-state index in [4.69, 9.17) is 25.8 Å². The van der Waals surface area contributed by atoms with Gasteiger partial charge in [-0.1, -0.05) is 63.6 Å². The maximum absolute atomic E-state index is 13.4. The molecule has 1 aliphatic heterocycles. The van der Waals surface area contributed by atoms with Crippen LogP contribution in [-0.2, 0) is 35.1 Å². The van der Waals surface area contributed by atoms with Crippen LogP contribution in [0.5, 0.6) is 5.75 Å². The Morgan fingerprint density at radius 3 is 2.47 bits per heavy atom. The van der Waals surface area contributed by atoms with E-state index in [2.05, 4.69) is 15.6 Å². The van der Waals surface area contributed by atoms with Crippen molar-refractivity contribution in [2.24, 2.45) is 17.8 Å². The van der Waals surface area contributed by atoms with E-state index in [0.29, 0.717) is 16.3 Å². The number of hydrogen-bond donors (Lipinski definition) is 2. The summed E-state index contributed by atoms with van der Waals surface area (Å²) >= 11 is 6.29. The molecule has 0 spiro atoms. The van der Waals surface area contributed by atoms with Crippen molar-refractivity contribution in [2.45, 2.75) is 65.2 Å². The van der Waals surface area contributed by atoms with Gasteiger partial charge in [0.05, 0.1) is 18.1 Å². The van der Waals surface area contributed by atoms with Gasteiger partial charge in [-0.25, -0.2) is 4.79 Å². The van der Waals surface area contributed by atoms with Crippen LogP contribution in [0.1, 0.15) is 51.7 Å². The van der Waals surface area contributed by atoms with Crippen LogP contribution >= 0.6 is 11.6 Å². The molecule has 5 atom stereocenters. The first-order chi connectivity index (χ1) is 21.5. The van der Waals surface area contributed by atoms with E-state index < -0.39 is 47.9 Å². The highest BCUT2D eigenvalue weighted by molar-refractivity contribution is 6.32. The van der Waals surface area contributed by atoms with E-state index >= 15 is 0 Å². The second-order valence-corrected chi connectivity index (χ2v) is 12.0. The summed E-state index contributed by atoms with van der Waals surface area (Å²) in [6, 6.07) is 7.85. The fraction of sp³-hybridized carbons (Fsp3) is 0.441. The summed E-state index contributed by atoms with van der Waals surface area (Å²) in [5.41, 5.74) is 1.62. The number of nitrogens with zero attached hydrogens (tertiary/aromatic N) is 1. The van der Waals surface area contributed by atoms with Crippen LogP contribution in [0.4, 0.5) is 0 Å². The number of amides is 2. The van der Waals surface area contributed by atoms with Gasteiger partial charge in [0.1, 0.15) is 17.9 Å². The minimum Gasteiger partial charge on any atom is -0.495 e. The van der Waals surface area contributed by atoms with E-state index in [0.717, 1.165) is 5.56 Å². The Morgan fingerprint density at radius 2 is 1.80 bits per heavy atom. The van der Waals surface area contributed by atoms with E-state index in [1.54, 1.807) is 43.6 Å². The molecular weight excluding hydrogens is 598 g/mol. The Balaban J connectivity index is 1.89. The SMILES string of the molecule is COc1ccc(C[C@H]2NC(=O)/C=C/C[C@@H]([C@H](C)/C=C/c3ccncc3)OC(=O)[C@H](CC(C)C)OC(=O)[C@H](C)CNC2=O)cc1Cl. The number of ether oxygens (including phenoxy) is 3. The van der Waals surface area contributed by atoms with Crippen LogP contribution < -0.4 is 15.4 Å². The Morgan fingerprint density at radius 1 is 1.07 bits per heavy atom. The lowest BCUT2D eigenvalue weighted by molar-refractivity contribution is -0.175. The third kappa shape index (κ3) is 11.4. The van der Waals surface area contributed by atoms with Gasteiger partial charge >= 0.3 is 11.9 Å². The molecular formula is C34H42ClN3O7. The number of carbonyl (C=O) groups is 4. The standard InChI is InChI=1S/C34H42ClN3O7/c1-21(2)17-30-34(42)44-28(22(3)9-10-24-13-15-36-16-14-24)7-6-8-31(39)38-27(32(40)37-20-23(4)33(41)45-30)19-25-11-12-29(43-5)26(35)18-25/h6,8-16,18,21-23,27-28,30H,7,17,19-20H2,1-5H3,(H,37,40)(H,38,39)/b8-6+,10-9+/t22-,23-,27-,28+,30+/m1/s1. The van der Waals surface area contributed by atoms with Crippen molar-refractivity contribution in [3.8, 4) is 5.75 Å². The summed E-state index contributed by atoms with van der Waals surface area (Å²) in [6.45, 7) is 7.26. The summed E-state index contributed by atoms with van der Waals surface area (Å²) in [5, 5.41) is 5.84. The molecule has 1 aromatic heterocycles. The molecule has 0 aliphatic carbocycles. The van der Waals surface area contributed by atoms with Crippen molar-refractivity contribution in [3.63, 3.8) is 0 Å². The number of benzene rings is 1. The number of halogens is 1. The van der Waals surface area contributed by atoms with Crippen molar-refractivity contribution in [1.29, 1.82) is 0 Å². The number of methoxy groups -OCH3 is 1. The number of esters is 2. The fourth-order valence-electron chi connectivity index (χ4n) is 4.60. The highest BCUT2D eigenvalue weighted by Gasteiger charge is 2.31. The topological polar surface area (TPSA) is 133 Å². The number of pyridine rings is 1. The second kappa shape index (κ2) is 17.3. The molecule has 0 bridgehead atoms. The minimum atomic E-state index is -1.12. The average molecular weight is 640 g/mol. The molecule has 0 saturated carbocycles. The van der Waals surface area contributed by atoms with E-state index in [-0.39, 0.29) is 37.6 Å². The molecule has 1 aliphatic rings. The molecule has 2 heterocycles. The van der Waals surface area contributed by atoms with Crippen LogP contribution in [0, 0.1) is 17.8 Å². The van der Waals surface area contributed by atoms with Gasteiger partial charge in [0, 0.05) is 37.7 Å². The molecule has 0 fully saturated rings. The highest BCUT2D eigenvalue weighted by atomic mass is 35.5. The number of nitrogens with one attached hydrogen (secondary N) is 2. The van der Waals surface area contributed by atoms with Crippen LogP contribution in [-0.4, -0.2) is 60.6 Å². The van der Waals surface area contributed by atoms with Crippen LogP contribution in [0.2, 0.25) is 5.02 Å². The maximum atomic E-state index is 13.4. The zero-order chi connectivity index (χ0) is 32.9. The van der Waals surface area contributed by atoms with Gasteiger partial charge in [0.25, 0.3) is 0 Å². The predicted molar refractivity (Wildman–Crippen MR) is 171 cm³/mol. The lowest BCUT2D eigenvalue weighted by Crippen LogP contribution is -2.49. The highest BCUT2D eigenvalue weighted by Crippen LogP contribution is 2.26. The largest absolute Gasteiger partial charge is 0.495 e. The third-order valence-electron chi connectivity index (χ3n) is 7.27. The van der Waals surface area contributed by atoms with Gasteiger partial charge in [0.15, 0.2) is 6.10 Å². The van der Waals surface area contributed by atoms with E-state index in [1.807, 2.05) is 45.1 Å². The van der Waals surface area contributed by atoms with Crippen LogP contribution in [0.25, 0.3) is 6.08 Å². The smallest absolute Gasteiger partial charge is 0.347 e. The number of cyclic esters (lactones) is 2. The molecule has 10 nitrogen and oxygen atoms in total. The van der Waals surface area contributed by atoms with Crippen LogP contribution in [0.15, 0.2) is 61.0 Å². The first kappa shape index (κ1) is 35.3. The van der Waals surface area contributed by atoms with Gasteiger partial charge in [0.2, 0.25) is 11.8 Å². The molecule has 2 aromatic rings. The van der Waals surface area contributed by atoms with Crippen LogP contribution in [0.3, 0.4) is 0 Å². The molecule has 11 heteroatoms. The Bertz CT molecular complexity index is 1380. The number of carbonyl (C=O) groups excluding carboxylic acids is 4. The van der Waals surface area contributed by atoms with Gasteiger partial charge in [-0.3, -0.25) is 19.4 Å². The summed E-state index contributed by atoms with van der Waals surface area (Å²) in [4.78, 5) is 56.7. The van der Waals surface area contributed by atoms with Crippen molar-refractivity contribution >= 4 is 41.4 Å². The summed E-state index contributed by atoms with van der Waals surface area (Å²) < 4.78 is 16.8. The predicted octanol–water partition coefficient (Wildman–Crippen LogP) is 4.70. The zero-order valence-corrected chi connectivity index (χ0v) is 27.1. The summed E-state index contributed by atoms with van der Waals surface area (Å²) in [5.74, 6) is -2.80. The normalized spacial score (nSPS) is 23.5. The van der Waals surface area contributed by atoms with Crippen molar-refractivity contribution in [1.82, 2.24) is 15.6 Å². The fourth-order valence-corrected chi connectivity index (χ4v) is 4.88. The van der Waals surface area contributed by atoms with Crippen molar-refractivity contribution in [3.05, 3.63) is 77.1 Å². The molecule has 3 rings (SSSR count). The zero-order valence-electron chi connectivity index (χ0n) is 26.3. The first-order valence-corrected chi connectivity index (χ1v) is 15.4. The first-order valence-electron chi connectivity index (χ1n) is 15.0. The molecule has 242 valence electrons. The number of rotatable bonds is 8. The van der Waals surface area contributed by atoms with E-state index in [1.165, 1.54) is 13.2 Å². The minimum absolute atomic E-state index is 0.0363. The van der Waals surface area contributed by atoms with Gasteiger partial charge < -0.3 is 24.8 Å². The molecule has 2 N–H and O–H groups in total. The van der Waals surface area contributed by atoms with Gasteiger partial charge in [-0.2, -0.15) is 0 Å². The Hall–Kier alpha value is -4.18. The monoisotopic (exact) mass is 639 g/mol. The van der Waals surface area contributed by atoms with E-state index in [9.17, 15) is 19.2 Å². The summed E-state index contributed by atoms with van der Waals surface area (Å²) in [7, 11) is 1.50. The molecule has 45 heavy (non-hydrogen) atoms. The Kier molecular flexibility index (Phi) is 13.6. The van der Waals surface area contributed by atoms with Crippen molar-refractivity contribution in [2.75, 3.05) is 13.7 Å². The van der Waals surface area contributed by atoms with Gasteiger partial charge in [-0.05, 0) is 53.8 Å².